The van der Waals surface area contributed by atoms with Crippen molar-refractivity contribution in [1.82, 2.24) is 5.16 Å². The van der Waals surface area contributed by atoms with Crippen LogP contribution >= 0.6 is 0 Å². The highest BCUT2D eigenvalue weighted by Crippen LogP contribution is 2.29. The Labute approximate surface area is 107 Å². The number of allylic oxidation sites excluding steroid dienone is 1. The van der Waals surface area contributed by atoms with Crippen LogP contribution in [0.15, 0.2) is 16.4 Å². The van der Waals surface area contributed by atoms with E-state index in [1.165, 1.54) is 0 Å². The summed E-state index contributed by atoms with van der Waals surface area (Å²) in [6.45, 7) is -0.972. The number of aromatic amines is 1. The maximum Gasteiger partial charge on any atom is 0.289 e. The summed E-state index contributed by atoms with van der Waals surface area (Å²) < 4.78 is 4.02. The first-order valence-electron chi connectivity index (χ1n) is 4.96. The standard InChI is InChI=1S/C7H5N5O8/c13-9(14)2-3-4(10(15)16)1-5(11(17)18)6-7(3)12(19)20-8-6/h1,3,8H,2H2. The molecule has 1 aliphatic carbocycles. The van der Waals surface area contributed by atoms with Crippen molar-refractivity contribution >= 4 is 5.71 Å². The Kier molecular flexibility index (Phi) is 2.93. The van der Waals surface area contributed by atoms with Gasteiger partial charge in [0.1, 0.15) is 0 Å². The Hall–Kier alpha value is -3.25. The molecule has 1 aromatic rings. The van der Waals surface area contributed by atoms with Gasteiger partial charge in [-0.05, 0) is 4.91 Å². The minimum Gasteiger partial charge on any atom is -0.612 e. The van der Waals surface area contributed by atoms with Crippen molar-refractivity contribution in [3.63, 3.8) is 0 Å². The topological polar surface area (TPSA) is 187 Å². The van der Waals surface area contributed by atoms with Crippen LogP contribution in [0.2, 0.25) is 0 Å². The summed E-state index contributed by atoms with van der Waals surface area (Å²) in [7, 11) is 0. The van der Waals surface area contributed by atoms with Crippen molar-refractivity contribution in [2.75, 3.05) is 6.54 Å². The molecule has 0 amide bonds. The maximum atomic E-state index is 11.4. The summed E-state index contributed by atoms with van der Waals surface area (Å²) >= 11 is 0. The Morgan fingerprint density at radius 1 is 1.30 bits per heavy atom. The van der Waals surface area contributed by atoms with Gasteiger partial charge in [-0.3, -0.25) is 20.2 Å². The highest BCUT2D eigenvalue weighted by atomic mass is 16.8. The molecule has 0 bridgehead atoms. The van der Waals surface area contributed by atoms with E-state index in [0.29, 0.717) is 6.08 Å². The molecule has 0 saturated heterocycles. The third kappa shape index (κ3) is 1.96. The molecule has 1 atom stereocenters. The fourth-order valence-corrected chi connectivity index (χ4v) is 1.87. The van der Waals surface area contributed by atoms with Gasteiger partial charge in [0.25, 0.3) is 22.8 Å². The van der Waals surface area contributed by atoms with Gasteiger partial charge in [-0.15, -0.1) is 0 Å². The summed E-state index contributed by atoms with van der Waals surface area (Å²) in [6, 6.07) is 0. The van der Waals surface area contributed by atoms with Crippen LogP contribution in [-0.2, 0) is 0 Å². The Bertz CT molecular complexity index is 707. The van der Waals surface area contributed by atoms with Gasteiger partial charge < -0.3 is 10.4 Å². The van der Waals surface area contributed by atoms with Crippen molar-refractivity contribution in [3.8, 4) is 0 Å². The number of aromatic nitrogens is 2. The number of nitrogens with zero attached hydrogens (tertiary/aromatic N) is 4. The lowest BCUT2D eigenvalue weighted by molar-refractivity contribution is -0.721. The quantitative estimate of drug-likeness (QED) is 0.409. The Morgan fingerprint density at radius 2 is 1.95 bits per heavy atom. The minimum atomic E-state index is -1.55. The molecule has 1 aliphatic rings. The number of nitro groups is 2. The molecule has 1 heterocycles. The third-order valence-corrected chi connectivity index (χ3v) is 2.65. The number of hydrogen-bond donors (Lipinski definition) is 1. The Morgan fingerprint density at radius 3 is 2.45 bits per heavy atom. The van der Waals surface area contributed by atoms with Crippen molar-refractivity contribution in [1.29, 1.82) is 0 Å². The van der Waals surface area contributed by atoms with Crippen LogP contribution in [0, 0.1) is 35.6 Å². The molecule has 0 spiro atoms. The molecular weight excluding hydrogens is 282 g/mol. The Balaban J connectivity index is 2.73. The second-order valence-electron chi connectivity index (χ2n) is 3.75. The average molecular weight is 287 g/mol. The molecule has 1 aromatic heterocycles. The molecule has 2 rings (SSSR count). The number of hydrogen-bond acceptors (Lipinski definition) is 8. The van der Waals surface area contributed by atoms with Gasteiger partial charge in [0.2, 0.25) is 6.54 Å². The lowest BCUT2D eigenvalue weighted by atomic mass is 9.92. The van der Waals surface area contributed by atoms with Gasteiger partial charge in [0, 0.05) is 4.92 Å². The molecule has 0 radical (unpaired) electrons. The van der Waals surface area contributed by atoms with Crippen LogP contribution in [0.3, 0.4) is 0 Å². The average Bonchev–Trinajstić information content (AvgIpc) is 2.70. The van der Waals surface area contributed by atoms with E-state index in [9.17, 15) is 35.6 Å². The molecule has 0 fully saturated rings. The first kappa shape index (κ1) is 13.2. The molecule has 1 unspecified atom stereocenters. The predicted molar refractivity (Wildman–Crippen MR) is 57.2 cm³/mol. The molecule has 0 saturated carbocycles. The van der Waals surface area contributed by atoms with Gasteiger partial charge in [-0.1, -0.05) is 9.79 Å². The summed E-state index contributed by atoms with van der Waals surface area (Å²) in [5, 5.41) is 45.0. The monoisotopic (exact) mass is 287 g/mol. The van der Waals surface area contributed by atoms with E-state index in [0.717, 1.165) is 0 Å². The normalized spacial score (nSPS) is 17.3. The summed E-state index contributed by atoms with van der Waals surface area (Å²) in [5.41, 5.74) is -2.59. The number of rotatable bonds is 3. The van der Waals surface area contributed by atoms with Crippen LogP contribution in [0.5, 0.6) is 0 Å². The third-order valence-electron chi connectivity index (χ3n) is 2.65. The zero-order valence-electron chi connectivity index (χ0n) is 9.42. The molecule has 0 aliphatic heterocycles. The van der Waals surface area contributed by atoms with Crippen LogP contribution in [-0.4, -0.2) is 32.2 Å². The number of fused-ring (bicyclic) bond motifs is 1. The molecule has 1 N–H and O–H groups in total. The van der Waals surface area contributed by atoms with Gasteiger partial charge in [-0.25, -0.2) is 0 Å². The van der Waals surface area contributed by atoms with E-state index in [2.05, 4.69) is 4.63 Å². The number of nitrogens with one attached hydrogen (secondary N) is 1. The zero-order valence-corrected chi connectivity index (χ0v) is 9.42. The van der Waals surface area contributed by atoms with E-state index < -0.39 is 50.0 Å². The second kappa shape index (κ2) is 4.45. The van der Waals surface area contributed by atoms with E-state index in [-0.39, 0.29) is 4.60 Å². The van der Waals surface area contributed by atoms with E-state index in [1.54, 1.807) is 0 Å². The predicted octanol–water partition coefficient (Wildman–Crippen LogP) is -1.15. The van der Waals surface area contributed by atoms with Crippen molar-refractivity contribution in [2.45, 2.75) is 5.92 Å². The fourth-order valence-electron chi connectivity index (χ4n) is 1.87. The first-order chi connectivity index (χ1) is 9.32. The number of H-pyrrole nitrogens is 1. The lowest BCUT2D eigenvalue weighted by Gasteiger charge is -2.12. The molecule has 106 valence electrons. The lowest BCUT2D eigenvalue weighted by Crippen LogP contribution is -2.33. The van der Waals surface area contributed by atoms with Crippen LogP contribution in [0.25, 0.3) is 0 Å². The zero-order chi connectivity index (χ0) is 15.0. The van der Waals surface area contributed by atoms with Gasteiger partial charge in [-0.2, -0.15) is 4.90 Å². The van der Waals surface area contributed by atoms with Crippen LogP contribution < -0.4 is 4.60 Å². The smallest absolute Gasteiger partial charge is 0.289 e. The molecule has 20 heavy (non-hydrogen) atoms. The van der Waals surface area contributed by atoms with Gasteiger partial charge >= 0.3 is 0 Å². The highest BCUT2D eigenvalue weighted by Gasteiger charge is 2.49. The van der Waals surface area contributed by atoms with E-state index in [4.69, 9.17) is 0 Å². The maximum absolute atomic E-state index is 11.4. The van der Waals surface area contributed by atoms with Crippen molar-refractivity contribution in [3.05, 3.63) is 58.7 Å². The van der Waals surface area contributed by atoms with Gasteiger partial charge in [0.05, 0.1) is 11.0 Å². The first-order valence-corrected chi connectivity index (χ1v) is 4.96. The SMILES string of the molecule is O=[N+]([O-])CC1C([N+](=O)[O-])=CC(=[N+]([O-])[O-])c2[nH]o[n+](=O)c21. The van der Waals surface area contributed by atoms with E-state index >= 15 is 0 Å². The van der Waals surface area contributed by atoms with Crippen LogP contribution in [0.4, 0.5) is 0 Å². The minimum absolute atomic E-state index is 0.247. The largest absolute Gasteiger partial charge is 0.612 e. The molecule has 13 nitrogen and oxygen atoms in total. The molecule has 0 aromatic carbocycles. The van der Waals surface area contributed by atoms with Crippen molar-refractivity contribution in [2.24, 2.45) is 0 Å². The van der Waals surface area contributed by atoms with Crippen molar-refractivity contribution < 1.29 is 24.0 Å². The summed E-state index contributed by atoms with van der Waals surface area (Å²) in [6.07, 6.45) is 0.572. The molecule has 13 heteroatoms. The fraction of sp³-hybridized carbons (Fsp3) is 0.286. The van der Waals surface area contributed by atoms with Crippen LogP contribution in [0.1, 0.15) is 17.3 Å². The highest BCUT2D eigenvalue weighted by molar-refractivity contribution is 6.06. The summed E-state index contributed by atoms with van der Waals surface area (Å²) in [4.78, 5) is 30.0. The van der Waals surface area contributed by atoms with E-state index in [1.807, 2.05) is 5.16 Å². The molecular formula is C7H5N5O8. The summed E-state index contributed by atoms with van der Waals surface area (Å²) in [5.74, 6) is -1.55. The second-order valence-corrected chi connectivity index (χ2v) is 3.75. The van der Waals surface area contributed by atoms with Gasteiger partial charge in [0.15, 0.2) is 10.5 Å².